The van der Waals surface area contributed by atoms with Gasteiger partial charge in [0.1, 0.15) is 10.7 Å². The lowest BCUT2D eigenvalue weighted by Gasteiger charge is -2.14. The number of aryl methyl sites for hydroxylation is 1. The molecule has 1 rings (SSSR count). The van der Waals surface area contributed by atoms with Gasteiger partial charge in [-0.05, 0) is 33.6 Å². The van der Waals surface area contributed by atoms with E-state index in [0.29, 0.717) is 18.2 Å². The Morgan fingerprint density at radius 3 is 2.32 bits per heavy atom. The molecule has 0 bridgehead atoms. The molecule has 0 aliphatic carbocycles. The normalized spacial score (nSPS) is 12.2. The smallest absolute Gasteiger partial charge is 0.343 e. The number of nitrogens with one attached hydrogen (secondary N) is 2. The van der Waals surface area contributed by atoms with Gasteiger partial charge in [-0.2, -0.15) is 5.10 Å². The van der Waals surface area contributed by atoms with E-state index >= 15 is 0 Å². The van der Waals surface area contributed by atoms with Gasteiger partial charge in [0.25, 0.3) is 5.91 Å². The molecular weight excluding hydrogens is 348 g/mol. The summed E-state index contributed by atoms with van der Waals surface area (Å²) in [4.78, 5) is 35.8. The van der Waals surface area contributed by atoms with Gasteiger partial charge in [0.2, 0.25) is 0 Å². The summed E-state index contributed by atoms with van der Waals surface area (Å²) in [5, 5.41) is 9.01. The fourth-order valence-electron chi connectivity index (χ4n) is 2.04. The van der Waals surface area contributed by atoms with Gasteiger partial charge in [-0.3, -0.25) is 14.8 Å². The lowest BCUT2D eigenvalue weighted by atomic mass is 10.2. The van der Waals surface area contributed by atoms with E-state index in [0.717, 1.165) is 0 Å². The average molecular weight is 373 g/mol. The van der Waals surface area contributed by atoms with Gasteiger partial charge in [-0.15, -0.1) is 0 Å². The summed E-state index contributed by atoms with van der Waals surface area (Å²) >= 11 is 6.21. The van der Waals surface area contributed by atoms with Crippen molar-refractivity contribution >= 4 is 29.5 Å². The maximum atomic E-state index is 12.3. The van der Waals surface area contributed by atoms with Crippen molar-refractivity contribution < 1.29 is 19.1 Å². The molecule has 3 amide bonds. The number of carbonyl (C=O) groups is 3. The first-order valence-electron chi connectivity index (χ1n) is 8.08. The quantitative estimate of drug-likeness (QED) is 0.746. The maximum Gasteiger partial charge on any atom is 0.343 e. The fraction of sp³-hybridized carbons (Fsp3) is 0.625. The molecule has 1 heterocycles. The first kappa shape index (κ1) is 21.0. The van der Waals surface area contributed by atoms with Crippen molar-refractivity contribution in [1.29, 1.82) is 0 Å². The third kappa shape index (κ3) is 6.04. The van der Waals surface area contributed by atoms with Crippen LogP contribution in [0.3, 0.4) is 0 Å². The van der Waals surface area contributed by atoms with Crippen molar-refractivity contribution in [1.82, 2.24) is 20.4 Å². The van der Waals surface area contributed by atoms with E-state index in [2.05, 4.69) is 15.7 Å². The number of nitrogens with zero attached hydrogens (tertiary/aromatic N) is 2. The van der Waals surface area contributed by atoms with Crippen LogP contribution in [0, 0.1) is 12.8 Å². The number of urea groups is 1. The molecule has 0 aromatic carbocycles. The van der Waals surface area contributed by atoms with Crippen LogP contribution >= 0.6 is 11.6 Å². The maximum absolute atomic E-state index is 12.3. The molecule has 9 heteroatoms. The lowest BCUT2D eigenvalue weighted by molar-refractivity contribution is -0.127. The van der Waals surface area contributed by atoms with Crippen LogP contribution in [-0.2, 0) is 16.1 Å². The van der Waals surface area contributed by atoms with E-state index < -0.39 is 24.0 Å². The molecule has 0 aliphatic heterocycles. The zero-order valence-electron chi connectivity index (χ0n) is 15.3. The summed E-state index contributed by atoms with van der Waals surface area (Å²) in [5.41, 5.74) is 0.536. The molecule has 2 N–H and O–H groups in total. The number of halogens is 1. The van der Waals surface area contributed by atoms with Crippen LogP contribution in [0.4, 0.5) is 4.79 Å². The highest BCUT2D eigenvalue weighted by molar-refractivity contribution is 6.32. The van der Waals surface area contributed by atoms with Gasteiger partial charge in [0, 0.05) is 12.6 Å². The van der Waals surface area contributed by atoms with Crippen molar-refractivity contribution in [2.45, 2.75) is 60.2 Å². The van der Waals surface area contributed by atoms with Gasteiger partial charge in [-0.1, -0.05) is 25.4 Å². The Balaban J connectivity index is 2.77. The number of hydrogen-bond acceptors (Lipinski definition) is 5. The molecule has 0 saturated heterocycles. The summed E-state index contributed by atoms with van der Waals surface area (Å²) in [7, 11) is 0. The summed E-state index contributed by atoms with van der Waals surface area (Å²) in [6, 6.07) is -0.777. The van der Waals surface area contributed by atoms with Crippen LogP contribution in [0.1, 0.15) is 50.7 Å². The van der Waals surface area contributed by atoms with Crippen molar-refractivity contribution in [3.05, 3.63) is 16.4 Å². The van der Waals surface area contributed by atoms with Gasteiger partial charge in [0.15, 0.2) is 6.10 Å². The Bertz CT molecular complexity index is 655. The van der Waals surface area contributed by atoms with Crippen LogP contribution in [0.15, 0.2) is 0 Å². The number of rotatable bonds is 6. The van der Waals surface area contributed by atoms with Crippen LogP contribution < -0.4 is 10.6 Å². The van der Waals surface area contributed by atoms with Crippen LogP contribution in [0.25, 0.3) is 0 Å². The number of hydrogen-bond donors (Lipinski definition) is 2. The van der Waals surface area contributed by atoms with Crippen molar-refractivity contribution in [2.75, 3.05) is 0 Å². The fourth-order valence-corrected chi connectivity index (χ4v) is 2.36. The second-order valence-corrected chi connectivity index (χ2v) is 6.85. The minimum Gasteiger partial charge on any atom is -0.449 e. The number of amides is 3. The van der Waals surface area contributed by atoms with E-state index in [1.165, 1.54) is 11.6 Å². The van der Waals surface area contributed by atoms with Gasteiger partial charge >= 0.3 is 12.0 Å². The van der Waals surface area contributed by atoms with E-state index in [1.807, 2.05) is 13.8 Å². The molecule has 0 spiro atoms. The standard InChI is InChI=1S/C16H25ClN4O4/c1-8(2)7-21-13(17)12(10(5)20-21)15(23)25-11(6)14(22)19-16(24)18-9(3)4/h8-9,11H,7H2,1-6H3,(H2,18,19,22,24)/t11-/m0/s1. The number of imide groups is 1. The Hall–Kier alpha value is -2.09. The zero-order valence-corrected chi connectivity index (χ0v) is 16.1. The zero-order chi connectivity index (χ0) is 19.3. The van der Waals surface area contributed by atoms with Crippen LogP contribution in [0.2, 0.25) is 5.15 Å². The molecule has 0 aliphatic rings. The largest absolute Gasteiger partial charge is 0.449 e. The highest BCUT2D eigenvalue weighted by Gasteiger charge is 2.26. The summed E-state index contributed by atoms with van der Waals surface area (Å²) < 4.78 is 6.64. The highest BCUT2D eigenvalue weighted by Crippen LogP contribution is 2.22. The second kappa shape index (κ2) is 8.84. The Labute approximate surface area is 152 Å². The lowest BCUT2D eigenvalue weighted by Crippen LogP contribution is -2.46. The predicted molar refractivity (Wildman–Crippen MR) is 93.5 cm³/mol. The molecule has 0 unspecified atom stereocenters. The molecule has 8 nitrogen and oxygen atoms in total. The number of ether oxygens (including phenoxy) is 1. The monoisotopic (exact) mass is 372 g/mol. The molecular formula is C16H25ClN4O4. The summed E-state index contributed by atoms with van der Waals surface area (Å²) in [6.45, 7) is 11.1. The van der Waals surface area contributed by atoms with Gasteiger partial charge in [-0.25, -0.2) is 9.59 Å². The predicted octanol–water partition coefficient (Wildman–Crippen LogP) is 2.28. The van der Waals surface area contributed by atoms with Crippen molar-refractivity contribution in [3.8, 4) is 0 Å². The summed E-state index contributed by atoms with van der Waals surface area (Å²) in [5.74, 6) is -1.19. The first-order chi connectivity index (χ1) is 11.5. The minimum atomic E-state index is -1.16. The topological polar surface area (TPSA) is 102 Å². The van der Waals surface area contributed by atoms with Crippen LogP contribution in [0.5, 0.6) is 0 Å². The van der Waals surface area contributed by atoms with E-state index in [-0.39, 0.29) is 16.8 Å². The third-order valence-electron chi connectivity index (χ3n) is 3.12. The Morgan fingerprint density at radius 1 is 1.20 bits per heavy atom. The average Bonchev–Trinajstić information content (AvgIpc) is 2.71. The van der Waals surface area contributed by atoms with Gasteiger partial charge < -0.3 is 10.1 Å². The third-order valence-corrected chi connectivity index (χ3v) is 3.50. The number of carbonyl (C=O) groups excluding carboxylic acids is 3. The molecule has 0 radical (unpaired) electrons. The highest BCUT2D eigenvalue weighted by atomic mass is 35.5. The van der Waals surface area contributed by atoms with Crippen molar-refractivity contribution in [3.63, 3.8) is 0 Å². The van der Waals surface area contributed by atoms with E-state index in [1.54, 1.807) is 20.8 Å². The van der Waals surface area contributed by atoms with E-state index in [4.69, 9.17) is 16.3 Å². The summed E-state index contributed by atoms with van der Waals surface area (Å²) in [6.07, 6.45) is -1.16. The number of aromatic nitrogens is 2. The van der Waals surface area contributed by atoms with Gasteiger partial charge in [0.05, 0.1) is 5.69 Å². The van der Waals surface area contributed by atoms with Crippen LogP contribution in [-0.4, -0.2) is 39.8 Å². The molecule has 140 valence electrons. The molecule has 1 aromatic rings. The Kier molecular flexibility index (Phi) is 7.41. The first-order valence-corrected chi connectivity index (χ1v) is 8.45. The molecule has 0 saturated carbocycles. The van der Waals surface area contributed by atoms with E-state index in [9.17, 15) is 14.4 Å². The minimum absolute atomic E-state index is 0.119. The molecule has 1 atom stereocenters. The molecule has 0 fully saturated rings. The number of esters is 1. The molecule has 1 aromatic heterocycles. The SMILES string of the molecule is Cc1nn(CC(C)C)c(Cl)c1C(=O)O[C@@H](C)C(=O)NC(=O)NC(C)C. The van der Waals surface area contributed by atoms with Crippen molar-refractivity contribution in [2.24, 2.45) is 5.92 Å². The second-order valence-electron chi connectivity index (χ2n) is 6.49. The molecule has 25 heavy (non-hydrogen) atoms. The Morgan fingerprint density at radius 2 is 1.80 bits per heavy atom.